The highest BCUT2D eigenvalue weighted by Crippen LogP contribution is 2.30. The summed E-state index contributed by atoms with van der Waals surface area (Å²) >= 11 is 12.0. The number of nitrogens with one attached hydrogen (secondary N) is 1. The number of amides is 2. The monoisotopic (exact) mass is 618 g/mol. The van der Waals surface area contributed by atoms with Crippen molar-refractivity contribution >= 4 is 51.0 Å². The molecule has 0 saturated carbocycles. The van der Waals surface area contributed by atoms with Crippen LogP contribution in [0.25, 0.3) is 0 Å². The van der Waals surface area contributed by atoms with Crippen LogP contribution in [-0.4, -0.2) is 96.8 Å². The predicted molar refractivity (Wildman–Crippen MR) is 154 cm³/mol. The molecular formula is C27H40Cl2N4O6S. The maximum absolute atomic E-state index is 13.3. The van der Waals surface area contributed by atoms with E-state index >= 15 is 0 Å². The number of hydrogen-bond donors (Lipinski definition) is 2. The van der Waals surface area contributed by atoms with Gasteiger partial charge in [0, 0.05) is 36.1 Å². The summed E-state index contributed by atoms with van der Waals surface area (Å²) in [4.78, 5) is 41.9. The lowest BCUT2D eigenvalue weighted by Crippen LogP contribution is -2.51. The lowest BCUT2D eigenvalue weighted by atomic mass is 9.93. The highest BCUT2D eigenvalue weighted by molar-refractivity contribution is 7.89. The van der Waals surface area contributed by atoms with Crippen LogP contribution in [0.5, 0.6) is 0 Å². The van der Waals surface area contributed by atoms with Gasteiger partial charge in [-0.25, -0.2) is 13.2 Å². The van der Waals surface area contributed by atoms with Gasteiger partial charge in [0.1, 0.15) is 12.1 Å². The average Bonchev–Trinajstić information content (AvgIpc) is 3.42. The first-order valence-electron chi connectivity index (χ1n) is 14.0. The van der Waals surface area contributed by atoms with Crippen LogP contribution in [0.2, 0.25) is 10.0 Å². The molecule has 1 aromatic carbocycles. The van der Waals surface area contributed by atoms with Crippen LogP contribution in [0.4, 0.5) is 0 Å². The molecule has 0 bridgehead atoms. The number of rotatable bonds is 13. The summed E-state index contributed by atoms with van der Waals surface area (Å²) in [5.41, 5.74) is 0. The van der Waals surface area contributed by atoms with Crippen molar-refractivity contribution in [2.24, 2.45) is 5.92 Å². The quantitative estimate of drug-likeness (QED) is 0.346. The van der Waals surface area contributed by atoms with E-state index in [2.05, 4.69) is 24.1 Å². The summed E-state index contributed by atoms with van der Waals surface area (Å²) in [5, 5.41) is 12.5. The molecule has 0 aromatic heterocycles. The molecule has 10 nitrogen and oxygen atoms in total. The van der Waals surface area contributed by atoms with Gasteiger partial charge in [-0.2, -0.15) is 4.31 Å². The van der Waals surface area contributed by atoms with E-state index in [1.54, 1.807) is 4.90 Å². The van der Waals surface area contributed by atoms with Gasteiger partial charge in [0.25, 0.3) is 0 Å². The van der Waals surface area contributed by atoms with Gasteiger partial charge in [0.05, 0.1) is 4.90 Å². The molecule has 0 spiro atoms. The van der Waals surface area contributed by atoms with Crippen LogP contribution in [-0.2, 0) is 24.4 Å². The number of carboxylic acid groups (broad SMARTS) is 1. The zero-order valence-electron chi connectivity index (χ0n) is 23.2. The van der Waals surface area contributed by atoms with Crippen molar-refractivity contribution in [2.45, 2.75) is 75.8 Å². The number of carboxylic acids is 1. The number of piperidine rings is 1. The number of carbonyl (C=O) groups is 3. The Balaban J connectivity index is 1.54. The highest BCUT2D eigenvalue weighted by atomic mass is 35.5. The Morgan fingerprint density at radius 3 is 2.25 bits per heavy atom. The summed E-state index contributed by atoms with van der Waals surface area (Å²) in [6.07, 6.45) is 3.54. The Labute approximate surface area is 247 Å². The molecular weight excluding hydrogens is 579 g/mol. The SMILES string of the molecule is CCN(CC)CCC1CCN(C(=O)CC[C@H](NC(=O)[C@@H]2CCCN2S(=O)(=O)c2cc(Cl)cc(Cl)c2)C(=O)O)CC1. The van der Waals surface area contributed by atoms with Crippen molar-refractivity contribution in [1.82, 2.24) is 19.4 Å². The van der Waals surface area contributed by atoms with Gasteiger partial charge in [-0.3, -0.25) is 9.59 Å². The smallest absolute Gasteiger partial charge is 0.326 e. The van der Waals surface area contributed by atoms with E-state index in [4.69, 9.17) is 23.2 Å². The average molecular weight is 620 g/mol. The second kappa shape index (κ2) is 14.8. The summed E-state index contributed by atoms with van der Waals surface area (Å²) in [6, 6.07) is 1.54. The molecule has 2 aliphatic rings. The zero-order valence-corrected chi connectivity index (χ0v) is 25.5. The molecule has 0 unspecified atom stereocenters. The van der Waals surface area contributed by atoms with E-state index < -0.39 is 34.0 Å². The van der Waals surface area contributed by atoms with E-state index in [-0.39, 0.29) is 46.7 Å². The fourth-order valence-electron chi connectivity index (χ4n) is 5.43. The molecule has 40 heavy (non-hydrogen) atoms. The van der Waals surface area contributed by atoms with Gasteiger partial charge in [0.15, 0.2) is 0 Å². The van der Waals surface area contributed by atoms with Crippen molar-refractivity contribution in [1.29, 1.82) is 0 Å². The normalized spacial score (nSPS) is 19.6. The van der Waals surface area contributed by atoms with Crippen LogP contribution in [0.15, 0.2) is 23.1 Å². The first kappa shape index (κ1) is 32.6. The minimum absolute atomic E-state index is 0.0188. The molecule has 2 amide bonds. The minimum Gasteiger partial charge on any atom is -0.480 e. The molecule has 0 radical (unpaired) electrons. The molecule has 2 saturated heterocycles. The van der Waals surface area contributed by atoms with Gasteiger partial charge in [-0.05, 0) is 82.3 Å². The summed E-state index contributed by atoms with van der Waals surface area (Å²) in [6.45, 7) is 8.81. The van der Waals surface area contributed by atoms with Crippen molar-refractivity contribution in [3.05, 3.63) is 28.2 Å². The number of nitrogens with zero attached hydrogens (tertiary/aromatic N) is 3. The number of likely N-dealkylation sites (tertiary alicyclic amines) is 1. The maximum atomic E-state index is 13.3. The standard InChI is InChI=1S/C27H40Cl2N4O6S/c1-3-31(4-2)13-9-19-10-14-32(15-11-19)25(34)8-7-23(27(36)37)30-26(35)24-6-5-12-33(24)40(38,39)22-17-20(28)16-21(29)18-22/h16-19,23-24H,3-15H2,1-2H3,(H,30,35)(H,36,37)/t23-,24-/m0/s1. The Kier molecular flexibility index (Phi) is 12.1. The van der Waals surface area contributed by atoms with Gasteiger partial charge in [-0.1, -0.05) is 37.0 Å². The third kappa shape index (κ3) is 8.55. The minimum atomic E-state index is -4.10. The van der Waals surface area contributed by atoms with Crippen LogP contribution in [0.3, 0.4) is 0 Å². The van der Waals surface area contributed by atoms with Crippen molar-refractivity contribution < 1.29 is 27.9 Å². The number of halogens is 2. The second-order valence-corrected chi connectivity index (χ2v) is 13.2. The molecule has 2 aliphatic heterocycles. The molecule has 1 aromatic rings. The van der Waals surface area contributed by atoms with Crippen LogP contribution in [0, 0.1) is 5.92 Å². The van der Waals surface area contributed by atoms with Crippen molar-refractivity contribution in [3.8, 4) is 0 Å². The Morgan fingerprint density at radius 1 is 1.05 bits per heavy atom. The largest absolute Gasteiger partial charge is 0.480 e. The van der Waals surface area contributed by atoms with E-state index in [0.717, 1.165) is 43.2 Å². The topological polar surface area (TPSA) is 127 Å². The Bertz CT molecular complexity index is 1140. The summed E-state index contributed by atoms with van der Waals surface area (Å²) in [7, 11) is -4.10. The van der Waals surface area contributed by atoms with E-state index in [1.165, 1.54) is 18.2 Å². The molecule has 2 fully saturated rings. The van der Waals surface area contributed by atoms with E-state index in [0.29, 0.717) is 25.4 Å². The maximum Gasteiger partial charge on any atom is 0.326 e. The lowest BCUT2D eigenvalue weighted by molar-refractivity contribution is -0.143. The molecule has 2 heterocycles. The van der Waals surface area contributed by atoms with Crippen LogP contribution < -0.4 is 5.32 Å². The lowest BCUT2D eigenvalue weighted by Gasteiger charge is -2.33. The number of hydrogen-bond acceptors (Lipinski definition) is 6. The Morgan fingerprint density at radius 2 is 1.68 bits per heavy atom. The molecule has 0 aliphatic carbocycles. The number of aliphatic carboxylic acids is 1. The molecule has 224 valence electrons. The molecule has 3 rings (SSSR count). The van der Waals surface area contributed by atoms with Gasteiger partial charge in [0.2, 0.25) is 21.8 Å². The summed E-state index contributed by atoms with van der Waals surface area (Å²) in [5.74, 6) is -1.54. The first-order chi connectivity index (χ1) is 19.0. The number of sulfonamides is 1. The summed E-state index contributed by atoms with van der Waals surface area (Å²) < 4.78 is 27.6. The predicted octanol–water partition coefficient (Wildman–Crippen LogP) is 3.47. The van der Waals surface area contributed by atoms with Gasteiger partial charge in [-0.15, -0.1) is 0 Å². The van der Waals surface area contributed by atoms with E-state index in [9.17, 15) is 27.9 Å². The zero-order chi connectivity index (χ0) is 29.4. The van der Waals surface area contributed by atoms with Crippen molar-refractivity contribution in [3.63, 3.8) is 0 Å². The first-order valence-corrected chi connectivity index (χ1v) is 16.2. The van der Waals surface area contributed by atoms with Gasteiger partial charge >= 0.3 is 5.97 Å². The van der Waals surface area contributed by atoms with Crippen LogP contribution >= 0.6 is 23.2 Å². The Hall–Kier alpha value is -1.92. The second-order valence-electron chi connectivity index (χ2n) is 10.5. The third-order valence-electron chi connectivity index (χ3n) is 7.93. The number of carbonyl (C=O) groups excluding carboxylic acids is 2. The molecule has 13 heteroatoms. The molecule has 2 N–H and O–H groups in total. The third-order valence-corrected chi connectivity index (χ3v) is 10.2. The number of benzene rings is 1. The van der Waals surface area contributed by atoms with Crippen molar-refractivity contribution in [2.75, 3.05) is 39.3 Å². The van der Waals surface area contributed by atoms with E-state index in [1.807, 2.05) is 0 Å². The highest BCUT2D eigenvalue weighted by Gasteiger charge is 2.41. The fourth-order valence-corrected chi connectivity index (χ4v) is 7.81. The fraction of sp³-hybridized carbons (Fsp3) is 0.667. The molecule has 2 atom stereocenters. The van der Waals surface area contributed by atoms with Crippen LogP contribution in [0.1, 0.15) is 58.8 Å². The van der Waals surface area contributed by atoms with Gasteiger partial charge < -0.3 is 20.2 Å².